The molecule has 0 saturated heterocycles. The molecule has 10 rings (SSSR count). The first-order chi connectivity index (χ1) is 29.7. The van der Waals surface area contributed by atoms with Crippen molar-refractivity contribution in [2.24, 2.45) is 10.7 Å². The van der Waals surface area contributed by atoms with E-state index in [0.29, 0.717) is 0 Å². The molecule has 0 bridgehead atoms. The number of aliphatic imine (C=N–C) groups is 1. The van der Waals surface area contributed by atoms with Gasteiger partial charge in [0.1, 0.15) is 6.17 Å². The van der Waals surface area contributed by atoms with Gasteiger partial charge in [0, 0.05) is 22.9 Å². The van der Waals surface area contributed by atoms with Crippen LogP contribution in [-0.4, -0.2) is 6.21 Å². The number of fused-ring (bicyclic) bond motifs is 5. The molecule has 0 amide bonds. The zero-order valence-electron chi connectivity index (χ0n) is 33.4. The molecule has 0 fully saturated rings. The highest BCUT2D eigenvalue weighted by Crippen LogP contribution is 2.63. The van der Waals surface area contributed by atoms with Gasteiger partial charge in [-0.15, -0.1) is 0 Å². The van der Waals surface area contributed by atoms with E-state index in [1.165, 1.54) is 55.3 Å². The van der Waals surface area contributed by atoms with Crippen molar-refractivity contribution in [3.63, 3.8) is 0 Å². The summed E-state index contributed by atoms with van der Waals surface area (Å²) < 4.78 is 0. The van der Waals surface area contributed by atoms with E-state index in [9.17, 15) is 0 Å². The van der Waals surface area contributed by atoms with E-state index in [-0.39, 0.29) is 12.3 Å². The van der Waals surface area contributed by atoms with Gasteiger partial charge >= 0.3 is 0 Å². The van der Waals surface area contributed by atoms with Crippen LogP contribution in [0.1, 0.15) is 58.6 Å². The van der Waals surface area contributed by atoms with Crippen LogP contribution in [0.25, 0.3) is 33.0 Å². The molecule has 8 aromatic rings. The average molecular weight is 775 g/mol. The maximum atomic E-state index is 6.64. The number of benzene rings is 8. The summed E-state index contributed by atoms with van der Waals surface area (Å²) in [6.07, 6.45) is 10.2. The Bertz CT molecular complexity index is 2870. The van der Waals surface area contributed by atoms with E-state index in [1.54, 1.807) is 0 Å². The first-order valence-electron chi connectivity index (χ1n) is 20.9. The van der Waals surface area contributed by atoms with Crippen molar-refractivity contribution in [1.82, 2.24) is 5.32 Å². The fourth-order valence-electron chi connectivity index (χ4n) is 9.45. The minimum absolute atomic E-state index is 0.325. The smallest absolute Gasteiger partial charge is 0.127 e. The van der Waals surface area contributed by atoms with E-state index < -0.39 is 5.41 Å². The monoisotopic (exact) mass is 774 g/mol. The van der Waals surface area contributed by atoms with Gasteiger partial charge in [-0.2, -0.15) is 0 Å². The molecular formula is C56H46N4. The molecule has 3 atom stereocenters. The number of nitrogens with zero attached hydrogens (tertiary/aromatic N) is 1. The largest absolute Gasteiger partial charge is 0.355 e. The van der Waals surface area contributed by atoms with Crippen LogP contribution in [0.4, 0.5) is 11.4 Å². The maximum absolute atomic E-state index is 6.64. The number of hydrogen-bond donors (Lipinski definition) is 3. The van der Waals surface area contributed by atoms with Gasteiger partial charge in [-0.25, -0.2) is 0 Å². The second-order valence-corrected chi connectivity index (χ2v) is 15.6. The van der Waals surface area contributed by atoms with Crippen molar-refractivity contribution in [1.29, 1.82) is 0 Å². The summed E-state index contributed by atoms with van der Waals surface area (Å²) in [7, 11) is 0. The van der Waals surface area contributed by atoms with Crippen molar-refractivity contribution >= 4 is 28.4 Å². The third kappa shape index (κ3) is 6.66. The Balaban J connectivity index is 1.11. The van der Waals surface area contributed by atoms with Gasteiger partial charge in [0.2, 0.25) is 0 Å². The van der Waals surface area contributed by atoms with Crippen molar-refractivity contribution in [3.8, 4) is 22.3 Å². The first-order valence-corrected chi connectivity index (χ1v) is 20.9. The summed E-state index contributed by atoms with van der Waals surface area (Å²) in [4.78, 5) is 5.04. The Morgan fingerprint density at radius 3 is 1.92 bits per heavy atom. The lowest BCUT2D eigenvalue weighted by Crippen LogP contribution is -2.31. The molecular weight excluding hydrogens is 729 g/mol. The fourth-order valence-corrected chi connectivity index (χ4v) is 9.45. The summed E-state index contributed by atoms with van der Waals surface area (Å²) in [6, 6.07) is 69.1. The standard InChI is InChI=1S/C56H46N4/c57-54(41-22-8-2-9-23-41)60-55(42-24-10-3-11-25-42)58-38-39-34-36-45(37-35-39)59-53-47-31-17-16-30-46(47)51-48-32-18-19-33-49(48)56(43-26-12-4-13-27-43,44-28-14-5-15-29-44)52(51)50(53)40-20-6-1-7-21-40/h1-14,16-28,30-38,54-55,59-60H,15,29,57H2/b58-38+. The molecule has 4 N–H and O–H groups in total. The van der Waals surface area contributed by atoms with Gasteiger partial charge < -0.3 is 11.1 Å². The average Bonchev–Trinajstić information content (AvgIpc) is 3.64. The number of allylic oxidation sites excluding steroid dienone is 4. The Kier molecular flexibility index (Phi) is 10.1. The van der Waals surface area contributed by atoms with Gasteiger partial charge in [0.25, 0.3) is 0 Å². The van der Waals surface area contributed by atoms with Gasteiger partial charge in [-0.1, -0.05) is 206 Å². The van der Waals surface area contributed by atoms with Crippen LogP contribution >= 0.6 is 0 Å². The normalized spacial score (nSPS) is 16.6. The predicted molar refractivity (Wildman–Crippen MR) is 251 cm³/mol. The van der Waals surface area contributed by atoms with E-state index in [1.807, 2.05) is 54.7 Å². The fraction of sp³-hybridized carbons (Fsp3) is 0.0893. The first kappa shape index (κ1) is 37.2. The highest BCUT2D eigenvalue weighted by atomic mass is 15.1. The van der Waals surface area contributed by atoms with Crippen LogP contribution in [0.15, 0.2) is 223 Å². The molecule has 2 aliphatic carbocycles. The maximum Gasteiger partial charge on any atom is 0.127 e. The lowest BCUT2D eigenvalue weighted by atomic mass is 9.63. The number of anilines is 2. The Morgan fingerprint density at radius 1 is 0.600 bits per heavy atom. The lowest BCUT2D eigenvalue weighted by Gasteiger charge is -2.38. The minimum Gasteiger partial charge on any atom is -0.355 e. The van der Waals surface area contributed by atoms with Crippen LogP contribution in [0.5, 0.6) is 0 Å². The van der Waals surface area contributed by atoms with Crippen LogP contribution in [-0.2, 0) is 5.41 Å². The van der Waals surface area contributed by atoms with Gasteiger partial charge in [-0.3, -0.25) is 10.3 Å². The molecule has 2 aliphatic rings. The van der Waals surface area contributed by atoms with Crippen molar-refractivity contribution in [2.75, 3.05) is 5.32 Å². The van der Waals surface area contributed by atoms with E-state index in [2.05, 4.69) is 174 Å². The Morgan fingerprint density at radius 2 is 1.22 bits per heavy atom. The summed E-state index contributed by atoms with van der Waals surface area (Å²) in [5, 5.41) is 9.97. The molecule has 0 radical (unpaired) electrons. The molecule has 0 aliphatic heterocycles. The molecule has 3 unspecified atom stereocenters. The summed E-state index contributed by atoms with van der Waals surface area (Å²) in [5.41, 5.74) is 21.7. The molecule has 0 saturated carbocycles. The van der Waals surface area contributed by atoms with Crippen molar-refractivity contribution < 1.29 is 0 Å². The molecule has 290 valence electrons. The number of nitrogens with two attached hydrogens (primary N) is 1. The second kappa shape index (κ2) is 16.3. The highest BCUT2D eigenvalue weighted by molar-refractivity contribution is 6.15. The van der Waals surface area contributed by atoms with E-state index in [4.69, 9.17) is 10.7 Å². The van der Waals surface area contributed by atoms with Crippen molar-refractivity contribution in [3.05, 3.63) is 251 Å². The quantitative estimate of drug-likeness (QED) is 0.0906. The molecule has 0 aromatic heterocycles. The summed E-state index contributed by atoms with van der Waals surface area (Å²) in [5.74, 6) is 0. The zero-order chi connectivity index (χ0) is 40.3. The van der Waals surface area contributed by atoms with Crippen molar-refractivity contribution in [2.45, 2.75) is 30.6 Å². The molecule has 4 nitrogen and oxygen atoms in total. The highest BCUT2D eigenvalue weighted by Gasteiger charge is 2.50. The SMILES string of the molecule is NC(NC(/N=C/c1ccc(Nc2c(-c3ccccc3)c3c(c4ccccc24)-c2ccccc2C3(C2=CC=CCC2)c2ccccc2)cc1)c1ccccc1)c1ccccc1. The second-order valence-electron chi connectivity index (χ2n) is 15.6. The summed E-state index contributed by atoms with van der Waals surface area (Å²) in [6.45, 7) is 0. The van der Waals surface area contributed by atoms with E-state index >= 15 is 0 Å². The van der Waals surface area contributed by atoms with Crippen LogP contribution in [0.2, 0.25) is 0 Å². The third-order valence-electron chi connectivity index (χ3n) is 12.1. The Labute approximate surface area is 352 Å². The van der Waals surface area contributed by atoms with Crippen LogP contribution < -0.4 is 16.4 Å². The van der Waals surface area contributed by atoms with Gasteiger partial charge in [0.05, 0.1) is 17.3 Å². The van der Waals surface area contributed by atoms with Crippen LogP contribution in [0, 0.1) is 0 Å². The van der Waals surface area contributed by atoms with E-state index in [0.717, 1.165) is 40.9 Å². The van der Waals surface area contributed by atoms with Crippen LogP contribution in [0.3, 0.4) is 0 Å². The molecule has 8 aromatic carbocycles. The summed E-state index contributed by atoms with van der Waals surface area (Å²) >= 11 is 0. The number of rotatable bonds is 11. The number of nitrogens with one attached hydrogen (secondary N) is 2. The molecule has 0 heterocycles. The van der Waals surface area contributed by atoms with Gasteiger partial charge in [0.15, 0.2) is 0 Å². The molecule has 60 heavy (non-hydrogen) atoms. The lowest BCUT2D eigenvalue weighted by molar-refractivity contribution is 0.467. The predicted octanol–water partition coefficient (Wildman–Crippen LogP) is 13.2. The Hall–Kier alpha value is -7.11. The molecule has 0 spiro atoms. The minimum atomic E-state index is -0.504. The molecule has 4 heteroatoms. The topological polar surface area (TPSA) is 62.4 Å². The zero-order valence-corrected chi connectivity index (χ0v) is 33.4. The van der Waals surface area contributed by atoms with Gasteiger partial charge in [-0.05, 0) is 80.4 Å². The third-order valence-corrected chi connectivity index (χ3v) is 12.1. The number of hydrogen-bond acceptors (Lipinski definition) is 4.